The number of hydrogen-bond acceptors (Lipinski definition) is 7. The van der Waals surface area contributed by atoms with Gasteiger partial charge in [0, 0.05) is 19.3 Å². The molecule has 2 heterocycles. The van der Waals surface area contributed by atoms with Crippen molar-refractivity contribution in [1.29, 1.82) is 0 Å². The molecule has 146 valence electrons. The van der Waals surface area contributed by atoms with Crippen LogP contribution >= 0.6 is 11.6 Å². The lowest BCUT2D eigenvalue weighted by atomic mass is 10.1. The van der Waals surface area contributed by atoms with Gasteiger partial charge in [0.05, 0.1) is 17.3 Å². The molecule has 1 aromatic carbocycles. The summed E-state index contributed by atoms with van der Waals surface area (Å²) in [5.41, 5.74) is 7.59. The Morgan fingerprint density at radius 2 is 2.04 bits per heavy atom. The highest BCUT2D eigenvalue weighted by Gasteiger charge is 2.31. The molecule has 0 atom stereocenters. The Morgan fingerprint density at radius 1 is 1.32 bits per heavy atom. The molecule has 0 unspecified atom stereocenters. The summed E-state index contributed by atoms with van der Waals surface area (Å²) in [6, 6.07) is 7.54. The molecule has 3 rings (SSSR count). The number of hydrogen-bond donors (Lipinski definition) is 1. The molecule has 2 aromatic rings. The number of aliphatic imine (C=N–C) groups is 1. The number of nitrogens with zero attached hydrogens (tertiary/aromatic N) is 5. The van der Waals surface area contributed by atoms with Crippen LogP contribution in [0.4, 0.5) is 5.69 Å². The van der Waals surface area contributed by atoms with Crippen molar-refractivity contribution in [2.24, 2.45) is 10.1 Å². The quantitative estimate of drug-likeness (QED) is 0.272. The topological polar surface area (TPSA) is 96.0 Å². The van der Waals surface area contributed by atoms with Crippen LogP contribution in [-0.4, -0.2) is 39.6 Å². The third-order valence-electron chi connectivity index (χ3n) is 4.42. The first-order valence-corrected chi connectivity index (χ1v) is 9.19. The van der Waals surface area contributed by atoms with Crippen LogP contribution in [-0.2, 0) is 6.54 Å². The molecule has 0 aliphatic carbocycles. The maximum atomic E-state index is 11.7. The first kappa shape index (κ1) is 19.8. The Balaban J connectivity index is 1.84. The number of pyridine rings is 1. The third kappa shape index (κ3) is 4.45. The zero-order chi connectivity index (χ0) is 20.3. The number of amidine groups is 2. The summed E-state index contributed by atoms with van der Waals surface area (Å²) in [5, 5.41) is 16.2. The summed E-state index contributed by atoms with van der Waals surface area (Å²) >= 11 is 5.82. The van der Waals surface area contributed by atoms with E-state index in [1.54, 1.807) is 12.3 Å². The van der Waals surface area contributed by atoms with Crippen molar-refractivity contribution in [2.45, 2.75) is 27.3 Å². The lowest BCUT2D eigenvalue weighted by molar-refractivity contribution is -0.346. The average Bonchev–Trinajstić information content (AvgIpc) is 3.06. The van der Waals surface area contributed by atoms with Gasteiger partial charge in [-0.3, -0.25) is 4.99 Å². The van der Waals surface area contributed by atoms with Crippen LogP contribution in [0, 0.1) is 30.9 Å². The number of hydrazone groups is 1. The van der Waals surface area contributed by atoms with E-state index >= 15 is 0 Å². The van der Waals surface area contributed by atoms with Gasteiger partial charge in [-0.25, -0.2) is 4.98 Å². The number of halogens is 1. The summed E-state index contributed by atoms with van der Waals surface area (Å²) in [6.07, 6.45) is 1.65. The minimum atomic E-state index is -0.511. The molecule has 0 fully saturated rings. The number of aryl methyl sites for hydroxylation is 3. The summed E-state index contributed by atoms with van der Waals surface area (Å²) in [4.78, 5) is 21.3. The van der Waals surface area contributed by atoms with Crippen LogP contribution in [0.5, 0.6) is 0 Å². The van der Waals surface area contributed by atoms with Crippen molar-refractivity contribution in [3.63, 3.8) is 0 Å². The van der Waals surface area contributed by atoms with Gasteiger partial charge in [0.25, 0.3) is 0 Å². The Kier molecular flexibility index (Phi) is 5.89. The summed E-state index contributed by atoms with van der Waals surface area (Å²) in [6.45, 7) is 7.39. The van der Waals surface area contributed by atoms with Crippen molar-refractivity contribution in [2.75, 3.05) is 18.5 Å². The van der Waals surface area contributed by atoms with E-state index in [1.807, 2.05) is 43.9 Å². The summed E-state index contributed by atoms with van der Waals surface area (Å²) in [7, 11) is 0. The van der Waals surface area contributed by atoms with Crippen LogP contribution in [0.3, 0.4) is 0 Å². The fourth-order valence-corrected chi connectivity index (χ4v) is 3.32. The Bertz CT molecular complexity index is 932. The van der Waals surface area contributed by atoms with Crippen molar-refractivity contribution >= 4 is 29.0 Å². The Labute approximate surface area is 168 Å². The maximum Gasteiger partial charge on any atom is 0.430 e. The van der Waals surface area contributed by atoms with E-state index in [0.29, 0.717) is 24.8 Å². The molecule has 0 saturated carbocycles. The number of rotatable bonds is 5. The number of anilines is 1. The predicted molar refractivity (Wildman–Crippen MR) is 111 cm³/mol. The van der Waals surface area contributed by atoms with Gasteiger partial charge in [0.15, 0.2) is 0 Å². The van der Waals surface area contributed by atoms with Crippen LogP contribution in [0.2, 0.25) is 5.15 Å². The molecule has 1 aromatic heterocycles. The van der Waals surface area contributed by atoms with Gasteiger partial charge >= 0.3 is 5.84 Å². The van der Waals surface area contributed by atoms with Gasteiger partial charge in [-0.2, -0.15) is 5.43 Å². The van der Waals surface area contributed by atoms with E-state index in [-0.39, 0.29) is 11.7 Å². The molecule has 1 aliphatic heterocycles. The normalized spacial score (nSPS) is 14.2. The number of nitrogens with one attached hydrogen (secondary N) is 1. The van der Waals surface area contributed by atoms with Crippen LogP contribution in [0.15, 0.2) is 40.6 Å². The lowest BCUT2D eigenvalue weighted by Crippen LogP contribution is -2.37. The van der Waals surface area contributed by atoms with Gasteiger partial charge in [0.2, 0.25) is 5.84 Å². The highest BCUT2D eigenvalue weighted by Crippen LogP contribution is 2.22. The molecular weight excluding hydrogens is 380 g/mol. The first-order valence-electron chi connectivity index (χ1n) is 8.81. The van der Waals surface area contributed by atoms with Crippen LogP contribution in [0.25, 0.3) is 0 Å². The fraction of sp³-hybridized carbons (Fsp3) is 0.316. The molecule has 0 spiro atoms. The molecule has 0 amide bonds. The smallest absolute Gasteiger partial charge is 0.358 e. The van der Waals surface area contributed by atoms with E-state index in [1.165, 1.54) is 0 Å². The standard InChI is InChI=1S/C19H21ClN6O2/c1-12-8-13(2)17(14(3)9-12)23-24-19(26(27)28)18-21-6-7-25(18)11-15-4-5-16(20)22-10-15/h4-5,8-10,23H,6-7,11H2,1-3H3. The zero-order valence-corrected chi connectivity index (χ0v) is 16.7. The molecule has 28 heavy (non-hydrogen) atoms. The molecule has 1 aliphatic rings. The van der Waals surface area contributed by atoms with E-state index in [2.05, 4.69) is 20.5 Å². The molecule has 0 bridgehead atoms. The van der Waals surface area contributed by atoms with E-state index in [9.17, 15) is 10.1 Å². The van der Waals surface area contributed by atoms with Crippen LogP contribution in [0.1, 0.15) is 22.3 Å². The van der Waals surface area contributed by atoms with Crippen LogP contribution < -0.4 is 5.43 Å². The average molecular weight is 401 g/mol. The second-order valence-electron chi connectivity index (χ2n) is 6.69. The number of benzene rings is 1. The van der Waals surface area contributed by atoms with E-state index in [4.69, 9.17) is 11.6 Å². The monoisotopic (exact) mass is 400 g/mol. The maximum absolute atomic E-state index is 11.7. The van der Waals surface area contributed by atoms with Gasteiger partial charge < -0.3 is 15.0 Å². The molecular formula is C19H21ClN6O2. The SMILES string of the molecule is Cc1cc(C)c(NN=C(C2=NCCN2Cc2ccc(Cl)nc2)[N+](=O)[O-])c(C)c1. The van der Waals surface area contributed by atoms with Crippen molar-refractivity contribution in [3.05, 3.63) is 68.0 Å². The van der Waals surface area contributed by atoms with Crippen molar-refractivity contribution in [1.82, 2.24) is 9.88 Å². The van der Waals surface area contributed by atoms with Gasteiger partial charge in [0.1, 0.15) is 5.15 Å². The molecule has 0 radical (unpaired) electrons. The van der Waals surface area contributed by atoms with E-state index < -0.39 is 4.92 Å². The zero-order valence-electron chi connectivity index (χ0n) is 15.9. The molecule has 9 heteroatoms. The first-order chi connectivity index (χ1) is 13.3. The van der Waals surface area contributed by atoms with E-state index in [0.717, 1.165) is 27.9 Å². The summed E-state index contributed by atoms with van der Waals surface area (Å²) in [5.74, 6) is -0.0475. The van der Waals surface area contributed by atoms with Crippen molar-refractivity contribution in [3.8, 4) is 0 Å². The minimum Gasteiger partial charge on any atom is -0.358 e. The van der Waals surface area contributed by atoms with Gasteiger partial charge in [-0.15, -0.1) is 0 Å². The van der Waals surface area contributed by atoms with Gasteiger partial charge in [-0.1, -0.05) is 35.4 Å². The van der Waals surface area contributed by atoms with Crippen molar-refractivity contribution < 1.29 is 4.92 Å². The fourth-order valence-electron chi connectivity index (χ4n) is 3.21. The predicted octanol–water partition coefficient (Wildman–Crippen LogP) is 3.58. The molecule has 0 saturated heterocycles. The number of nitro groups is 1. The third-order valence-corrected chi connectivity index (χ3v) is 4.64. The minimum absolute atomic E-state index is 0.259. The number of aromatic nitrogens is 1. The Morgan fingerprint density at radius 3 is 2.64 bits per heavy atom. The molecule has 8 nitrogen and oxygen atoms in total. The Hall–Kier alpha value is -3.00. The highest BCUT2D eigenvalue weighted by atomic mass is 35.5. The second kappa shape index (κ2) is 8.35. The lowest BCUT2D eigenvalue weighted by Gasteiger charge is -2.18. The summed E-state index contributed by atoms with van der Waals surface area (Å²) < 4.78 is 0. The second-order valence-corrected chi connectivity index (χ2v) is 7.08. The molecule has 1 N–H and O–H groups in total. The highest BCUT2D eigenvalue weighted by molar-refractivity contribution is 6.37. The largest absolute Gasteiger partial charge is 0.430 e. The van der Waals surface area contributed by atoms with Gasteiger partial charge in [-0.05, 0) is 48.5 Å².